The summed E-state index contributed by atoms with van der Waals surface area (Å²) in [6.45, 7) is 0. The van der Waals surface area contributed by atoms with Gasteiger partial charge in [-0.3, -0.25) is 0 Å². The van der Waals surface area contributed by atoms with E-state index in [0.717, 1.165) is 26.2 Å². The van der Waals surface area contributed by atoms with E-state index in [9.17, 15) is 0 Å². The van der Waals surface area contributed by atoms with E-state index in [4.69, 9.17) is 24.2 Å². The van der Waals surface area contributed by atoms with Gasteiger partial charge in [0.15, 0.2) is 0 Å². The molecule has 0 aliphatic rings. The van der Waals surface area contributed by atoms with E-state index in [1.54, 1.807) is 0 Å². The molecule has 1 aromatic heterocycles. The molecule has 2 aromatic carbocycles. The third-order valence-corrected chi connectivity index (χ3v) is 6.95. The van der Waals surface area contributed by atoms with Crippen molar-refractivity contribution in [1.82, 2.24) is 4.98 Å². The summed E-state index contributed by atoms with van der Waals surface area (Å²) < 4.78 is 1.01. The number of nitrogens with zero attached hydrogens (tertiary/aromatic N) is 1. The van der Waals surface area contributed by atoms with Crippen molar-refractivity contribution < 1.29 is 14.5 Å². The molecule has 0 unspecified atom stereocenters. The van der Waals surface area contributed by atoms with Crippen LogP contribution in [0.1, 0.15) is 0 Å². The first-order chi connectivity index (χ1) is 9.25. The third-order valence-electron chi connectivity index (χ3n) is 2.84. The molecule has 1 heterocycles. The fourth-order valence-corrected chi connectivity index (χ4v) is 5.08. The van der Waals surface area contributed by atoms with Gasteiger partial charge in [-0.15, -0.1) is 0 Å². The van der Waals surface area contributed by atoms with Gasteiger partial charge < -0.3 is 0 Å². The Morgan fingerprint density at radius 1 is 0.842 bits per heavy atom. The molecule has 0 bridgehead atoms. The fourth-order valence-electron chi connectivity index (χ4n) is 1.97. The van der Waals surface area contributed by atoms with Crippen LogP contribution in [0.3, 0.4) is 0 Å². The number of benzene rings is 2. The first-order valence-electron chi connectivity index (χ1n) is 5.68. The zero-order chi connectivity index (χ0) is 13.2. The summed E-state index contributed by atoms with van der Waals surface area (Å²) in [7, 11) is 12.5. The predicted octanol–water partition coefficient (Wildman–Crippen LogP) is 4.45. The first kappa shape index (κ1) is 13.1. The molecule has 0 fully saturated rings. The Morgan fingerprint density at radius 3 is 2.26 bits per heavy atom. The Labute approximate surface area is 125 Å². The van der Waals surface area contributed by atoms with E-state index in [1.165, 1.54) is 0 Å². The van der Waals surface area contributed by atoms with Crippen molar-refractivity contribution in [2.45, 2.75) is 0 Å². The standard InChI is InChI=1S/C15H10N.2ClH.Ir/c1-2-6-12(7-3-1)15-11-10-13-8-4-5-9-14(13)16-15;;;/h1-10H;2*1H;/q;;;+2/p-2. The summed E-state index contributed by atoms with van der Waals surface area (Å²) in [6.07, 6.45) is 0. The van der Waals surface area contributed by atoms with Crippen LogP contribution in [0.5, 0.6) is 0 Å². The number of para-hydroxylation sites is 1. The minimum atomic E-state index is -2.24. The van der Waals surface area contributed by atoms with E-state index in [2.05, 4.69) is 6.07 Å². The van der Waals surface area contributed by atoms with Gasteiger partial charge in [0.05, 0.1) is 0 Å². The van der Waals surface area contributed by atoms with Crippen molar-refractivity contribution in [3.8, 4) is 11.3 Å². The fraction of sp³-hybridized carbons (Fsp3) is 0. The molecule has 0 radical (unpaired) electrons. The molecule has 4 heteroatoms. The van der Waals surface area contributed by atoms with Crippen LogP contribution in [-0.2, 0) is 14.5 Å². The molecule has 0 atom stereocenters. The molecule has 0 spiro atoms. The van der Waals surface area contributed by atoms with Crippen molar-refractivity contribution in [3.63, 3.8) is 0 Å². The quantitative estimate of drug-likeness (QED) is 0.543. The van der Waals surface area contributed by atoms with E-state index >= 15 is 0 Å². The monoisotopic (exact) mass is 467 g/mol. The number of rotatable bonds is 2. The molecule has 0 saturated heterocycles. The number of fused-ring (bicyclic) bond motifs is 1. The van der Waals surface area contributed by atoms with Crippen LogP contribution in [0, 0.1) is 0 Å². The number of halogens is 2. The molecule has 1 nitrogen and oxygen atoms in total. The molecule has 3 aromatic rings. The normalized spacial score (nSPS) is 11.6. The molecular weight excluding hydrogens is 457 g/mol. The molecular formula is C15H10Cl2IrN. The SMILES string of the molecule is [Cl][Ir]([Cl])[c]1cc2ccccc2nc1-c1ccccc1. The van der Waals surface area contributed by atoms with Crippen molar-refractivity contribution in [3.05, 3.63) is 60.7 Å². The van der Waals surface area contributed by atoms with Gasteiger partial charge in [0.1, 0.15) is 0 Å². The number of hydrogen-bond donors (Lipinski definition) is 0. The number of pyridine rings is 1. The van der Waals surface area contributed by atoms with Gasteiger partial charge in [-0.25, -0.2) is 0 Å². The molecule has 0 N–H and O–H groups in total. The van der Waals surface area contributed by atoms with Crippen LogP contribution in [0.4, 0.5) is 0 Å². The second kappa shape index (κ2) is 5.60. The van der Waals surface area contributed by atoms with E-state index in [0.29, 0.717) is 0 Å². The molecule has 0 amide bonds. The average Bonchev–Trinajstić information content (AvgIpc) is 2.46. The summed E-state index contributed by atoms with van der Waals surface area (Å²) >= 11 is -2.24. The summed E-state index contributed by atoms with van der Waals surface area (Å²) in [5.41, 5.74) is 2.95. The summed E-state index contributed by atoms with van der Waals surface area (Å²) in [6, 6.07) is 20.2. The van der Waals surface area contributed by atoms with Gasteiger partial charge in [0.2, 0.25) is 0 Å². The zero-order valence-corrected chi connectivity index (χ0v) is 13.7. The van der Waals surface area contributed by atoms with Crippen molar-refractivity contribution in [2.24, 2.45) is 0 Å². The van der Waals surface area contributed by atoms with Gasteiger partial charge in [-0.2, -0.15) is 0 Å². The minimum absolute atomic E-state index is 0.916. The molecule has 0 aliphatic heterocycles. The third kappa shape index (κ3) is 2.68. The van der Waals surface area contributed by atoms with E-state index in [-0.39, 0.29) is 0 Å². The molecule has 0 aliphatic carbocycles. The van der Waals surface area contributed by atoms with Crippen molar-refractivity contribution >= 4 is 34.1 Å². The van der Waals surface area contributed by atoms with Crippen LogP contribution in [0.2, 0.25) is 0 Å². The Kier molecular flexibility index (Phi) is 3.86. The van der Waals surface area contributed by atoms with Gasteiger partial charge in [0.25, 0.3) is 0 Å². The molecule has 98 valence electrons. The van der Waals surface area contributed by atoms with Crippen LogP contribution in [0.25, 0.3) is 22.2 Å². The summed E-state index contributed by atoms with van der Waals surface area (Å²) in [4.78, 5) is 4.74. The maximum atomic E-state index is 6.25. The van der Waals surface area contributed by atoms with E-state index in [1.807, 2.05) is 54.6 Å². The summed E-state index contributed by atoms with van der Waals surface area (Å²) in [5, 5.41) is 1.09. The Balaban J connectivity index is 2.30. The topological polar surface area (TPSA) is 12.9 Å². The van der Waals surface area contributed by atoms with Crippen molar-refractivity contribution in [2.75, 3.05) is 0 Å². The van der Waals surface area contributed by atoms with E-state index < -0.39 is 14.5 Å². The molecule has 0 saturated carbocycles. The number of hydrogen-bond acceptors (Lipinski definition) is 1. The van der Waals surface area contributed by atoms with Gasteiger partial charge in [-0.1, -0.05) is 0 Å². The van der Waals surface area contributed by atoms with Crippen LogP contribution in [0.15, 0.2) is 60.7 Å². The van der Waals surface area contributed by atoms with Gasteiger partial charge in [-0.05, 0) is 0 Å². The Morgan fingerprint density at radius 2 is 1.53 bits per heavy atom. The summed E-state index contributed by atoms with van der Waals surface area (Å²) in [5.74, 6) is 0. The van der Waals surface area contributed by atoms with Crippen molar-refractivity contribution in [1.29, 1.82) is 0 Å². The predicted molar refractivity (Wildman–Crippen MR) is 78.5 cm³/mol. The average molecular weight is 467 g/mol. The van der Waals surface area contributed by atoms with Crippen LogP contribution >= 0.6 is 19.2 Å². The molecule has 19 heavy (non-hydrogen) atoms. The van der Waals surface area contributed by atoms with Gasteiger partial charge >= 0.3 is 126 Å². The van der Waals surface area contributed by atoms with Crippen LogP contribution < -0.4 is 4.08 Å². The zero-order valence-electron chi connectivity index (χ0n) is 9.81. The number of aromatic nitrogens is 1. The maximum absolute atomic E-state index is 6.25. The Bertz CT molecular complexity index is 714. The first-order valence-corrected chi connectivity index (χ1v) is 12.8. The second-order valence-corrected chi connectivity index (χ2v) is 11.7. The second-order valence-electron chi connectivity index (χ2n) is 4.03. The van der Waals surface area contributed by atoms with Crippen LogP contribution in [-0.4, -0.2) is 4.98 Å². The molecule has 3 rings (SSSR count). The van der Waals surface area contributed by atoms with Gasteiger partial charge in [0, 0.05) is 0 Å². The Hall–Kier alpha value is -0.921.